The van der Waals surface area contributed by atoms with E-state index in [-0.39, 0.29) is 29.1 Å². The highest BCUT2D eigenvalue weighted by molar-refractivity contribution is 7.89. The maximum absolute atomic E-state index is 16.5. The summed E-state index contributed by atoms with van der Waals surface area (Å²) in [7, 11) is -4.56. The largest absolute Gasteiger partial charge is 0.491 e. The van der Waals surface area contributed by atoms with Crippen LogP contribution in [0.5, 0.6) is 5.75 Å². The summed E-state index contributed by atoms with van der Waals surface area (Å²) in [5.74, 6) is -4.17. The van der Waals surface area contributed by atoms with Crippen molar-refractivity contribution in [3.8, 4) is 16.9 Å². The molecule has 236 valence electrons. The van der Waals surface area contributed by atoms with Gasteiger partial charge in [0.25, 0.3) is 5.92 Å². The standard InChI is InChI=1S/C35H37F2N3O4S/c1-22(2)44-31-16-10-26-19-32(17-11-25(26)18-31)45(42,43)39-33(34(41)40-29-14-15-30(40)21-28(38)20-29)35(36,37)27-12-8-24(9-13-27)23-6-4-3-5-7-23/h3-13,16-19,22,28-30,33,39H,14-15,20-21,38H2,1-2H3/t28?,29?,30?,33-/m0/s1. The van der Waals surface area contributed by atoms with Crippen LogP contribution in [-0.2, 0) is 20.7 Å². The van der Waals surface area contributed by atoms with E-state index < -0.39 is 33.5 Å². The minimum absolute atomic E-state index is 0.0390. The molecule has 6 rings (SSSR count). The summed E-state index contributed by atoms with van der Waals surface area (Å²) in [5.41, 5.74) is 7.30. The predicted octanol–water partition coefficient (Wildman–Crippen LogP) is 6.21. The average molecular weight is 634 g/mol. The third-order valence-electron chi connectivity index (χ3n) is 8.75. The van der Waals surface area contributed by atoms with E-state index in [2.05, 4.69) is 4.72 Å². The molecule has 0 aromatic heterocycles. The molecule has 1 amide bonds. The van der Waals surface area contributed by atoms with E-state index in [0.717, 1.165) is 16.5 Å². The first-order valence-electron chi connectivity index (χ1n) is 15.3. The van der Waals surface area contributed by atoms with E-state index in [9.17, 15) is 13.2 Å². The number of piperidine rings is 1. The average Bonchev–Trinajstić information content (AvgIpc) is 3.29. The Bertz CT molecular complexity index is 1790. The zero-order valence-electron chi connectivity index (χ0n) is 25.2. The van der Waals surface area contributed by atoms with Crippen LogP contribution in [0.25, 0.3) is 21.9 Å². The van der Waals surface area contributed by atoms with Gasteiger partial charge in [0.05, 0.1) is 11.0 Å². The third-order valence-corrected chi connectivity index (χ3v) is 10.2. The van der Waals surface area contributed by atoms with Gasteiger partial charge in [-0.3, -0.25) is 4.79 Å². The third kappa shape index (κ3) is 6.32. The number of fused-ring (bicyclic) bond motifs is 3. The molecule has 2 heterocycles. The Morgan fingerprint density at radius 3 is 2.13 bits per heavy atom. The monoisotopic (exact) mass is 633 g/mol. The molecular weight excluding hydrogens is 596 g/mol. The van der Waals surface area contributed by atoms with Crippen molar-refractivity contribution < 1.29 is 26.7 Å². The van der Waals surface area contributed by atoms with Crippen molar-refractivity contribution in [1.29, 1.82) is 0 Å². The number of hydrogen-bond donors (Lipinski definition) is 2. The Hall–Kier alpha value is -3.86. The second-order valence-corrected chi connectivity index (χ2v) is 14.0. The number of benzene rings is 4. The summed E-state index contributed by atoms with van der Waals surface area (Å²) >= 11 is 0. The molecule has 0 saturated carbocycles. The summed E-state index contributed by atoms with van der Waals surface area (Å²) in [5, 5.41) is 1.31. The lowest BCUT2D eigenvalue weighted by Crippen LogP contribution is -2.60. The number of ether oxygens (including phenoxy) is 1. The van der Waals surface area contributed by atoms with Crippen LogP contribution in [0.2, 0.25) is 0 Å². The van der Waals surface area contributed by atoms with E-state index in [1.54, 1.807) is 36.4 Å². The first-order chi connectivity index (χ1) is 21.4. The zero-order valence-corrected chi connectivity index (χ0v) is 26.0. The molecule has 2 unspecified atom stereocenters. The van der Waals surface area contributed by atoms with Crippen LogP contribution in [0.15, 0.2) is 95.9 Å². The van der Waals surface area contributed by atoms with Crippen LogP contribution in [-0.4, -0.2) is 49.5 Å². The van der Waals surface area contributed by atoms with Gasteiger partial charge in [0.2, 0.25) is 15.9 Å². The Morgan fingerprint density at radius 1 is 0.889 bits per heavy atom. The van der Waals surface area contributed by atoms with Gasteiger partial charge in [0, 0.05) is 23.7 Å². The van der Waals surface area contributed by atoms with Crippen molar-refractivity contribution in [2.24, 2.45) is 5.73 Å². The molecule has 7 nitrogen and oxygen atoms in total. The lowest BCUT2D eigenvalue weighted by Gasteiger charge is -2.41. The fourth-order valence-electron chi connectivity index (χ4n) is 6.63. The number of carbonyl (C=O) groups is 1. The molecule has 45 heavy (non-hydrogen) atoms. The normalized spacial score (nSPS) is 20.8. The van der Waals surface area contributed by atoms with Gasteiger partial charge in [-0.05, 0) is 85.7 Å². The lowest BCUT2D eigenvalue weighted by atomic mass is 9.94. The molecule has 2 aliphatic heterocycles. The van der Waals surface area contributed by atoms with Gasteiger partial charge < -0.3 is 15.4 Å². The van der Waals surface area contributed by atoms with E-state index in [1.807, 2.05) is 44.2 Å². The van der Waals surface area contributed by atoms with E-state index in [4.69, 9.17) is 10.5 Å². The summed E-state index contributed by atoms with van der Waals surface area (Å²) in [6, 6.07) is 21.4. The summed E-state index contributed by atoms with van der Waals surface area (Å²) in [6.07, 6.45) is 2.24. The highest BCUT2D eigenvalue weighted by atomic mass is 32.2. The van der Waals surface area contributed by atoms with Crippen molar-refractivity contribution in [2.75, 3.05) is 0 Å². The number of nitrogens with one attached hydrogen (secondary N) is 1. The van der Waals surface area contributed by atoms with E-state index >= 15 is 8.78 Å². The highest BCUT2D eigenvalue weighted by Gasteiger charge is 2.53. The zero-order chi connectivity index (χ0) is 31.9. The molecule has 0 spiro atoms. The number of hydrogen-bond acceptors (Lipinski definition) is 5. The van der Waals surface area contributed by atoms with Gasteiger partial charge in [-0.2, -0.15) is 13.5 Å². The number of halogens is 2. The second kappa shape index (κ2) is 12.2. The number of nitrogens with two attached hydrogens (primary N) is 1. The van der Waals surface area contributed by atoms with Crippen LogP contribution < -0.4 is 15.2 Å². The van der Waals surface area contributed by atoms with Crippen LogP contribution >= 0.6 is 0 Å². The number of amides is 1. The van der Waals surface area contributed by atoms with Gasteiger partial charge >= 0.3 is 0 Å². The molecule has 10 heteroatoms. The van der Waals surface area contributed by atoms with Crippen molar-refractivity contribution >= 4 is 26.7 Å². The molecule has 4 aromatic carbocycles. The Kier molecular flexibility index (Phi) is 8.41. The molecule has 4 aromatic rings. The SMILES string of the molecule is CC(C)Oc1ccc2cc(S(=O)(=O)N[C@@H](C(=O)N3C4CCC3CC(N)C4)C(F)(F)c3ccc(-c4ccccc4)cc3)ccc2c1. The molecule has 2 aliphatic rings. The quantitative estimate of drug-likeness (QED) is 0.228. The van der Waals surface area contributed by atoms with E-state index in [1.165, 1.54) is 29.2 Å². The number of nitrogens with zero attached hydrogens (tertiary/aromatic N) is 1. The minimum Gasteiger partial charge on any atom is -0.491 e. The van der Waals surface area contributed by atoms with Gasteiger partial charge in [-0.25, -0.2) is 8.42 Å². The fraction of sp³-hybridized carbons (Fsp3) is 0.343. The van der Waals surface area contributed by atoms with E-state index in [0.29, 0.717) is 36.8 Å². The Morgan fingerprint density at radius 2 is 1.49 bits per heavy atom. The fourth-order valence-corrected chi connectivity index (χ4v) is 7.85. The molecule has 2 fully saturated rings. The molecule has 3 N–H and O–H groups in total. The molecule has 0 radical (unpaired) electrons. The Balaban J connectivity index is 1.35. The summed E-state index contributed by atoms with van der Waals surface area (Å²) in [4.78, 5) is 15.3. The first kappa shape index (κ1) is 31.1. The van der Waals surface area contributed by atoms with Gasteiger partial charge in [0.1, 0.15) is 5.75 Å². The smallest absolute Gasteiger partial charge is 0.298 e. The number of carbonyl (C=O) groups excluding carboxylic acids is 1. The topological polar surface area (TPSA) is 102 Å². The maximum Gasteiger partial charge on any atom is 0.298 e. The molecule has 2 bridgehead atoms. The number of rotatable bonds is 9. The van der Waals surface area contributed by atoms with Gasteiger partial charge in [-0.1, -0.05) is 66.7 Å². The minimum atomic E-state index is -4.56. The predicted molar refractivity (Wildman–Crippen MR) is 170 cm³/mol. The number of alkyl halides is 2. The molecule has 2 saturated heterocycles. The van der Waals surface area contributed by atoms with Crippen molar-refractivity contribution in [3.63, 3.8) is 0 Å². The summed E-state index contributed by atoms with van der Waals surface area (Å²) < 4.78 is 68.5. The van der Waals surface area contributed by atoms with Crippen LogP contribution in [0.1, 0.15) is 45.1 Å². The molecule has 3 atom stereocenters. The van der Waals surface area contributed by atoms with Crippen LogP contribution in [0, 0.1) is 0 Å². The lowest BCUT2D eigenvalue weighted by molar-refractivity contribution is -0.149. The van der Waals surface area contributed by atoms with Gasteiger partial charge in [0.15, 0.2) is 6.04 Å². The van der Waals surface area contributed by atoms with Crippen LogP contribution in [0.4, 0.5) is 8.78 Å². The molecular formula is C35H37F2N3O4S. The van der Waals surface area contributed by atoms with Gasteiger partial charge in [-0.15, -0.1) is 0 Å². The van der Waals surface area contributed by atoms with Crippen molar-refractivity contribution in [1.82, 2.24) is 9.62 Å². The maximum atomic E-state index is 16.5. The van der Waals surface area contributed by atoms with Crippen molar-refractivity contribution in [3.05, 3.63) is 96.6 Å². The Labute approximate surface area is 262 Å². The summed E-state index contributed by atoms with van der Waals surface area (Å²) in [6.45, 7) is 3.81. The molecule has 0 aliphatic carbocycles. The highest BCUT2D eigenvalue weighted by Crippen LogP contribution is 2.40. The number of sulfonamides is 1. The second-order valence-electron chi connectivity index (χ2n) is 12.3. The first-order valence-corrected chi connectivity index (χ1v) is 16.7. The van der Waals surface area contributed by atoms with Crippen LogP contribution in [0.3, 0.4) is 0 Å². The van der Waals surface area contributed by atoms with Crippen molar-refractivity contribution in [2.45, 2.75) is 80.6 Å².